The van der Waals surface area contributed by atoms with Crippen molar-refractivity contribution < 1.29 is 9.53 Å². The smallest absolute Gasteiger partial charge is 0.222 e. The van der Waals surface area contributed by atoms with Crippen molar-refractivity contribution in [3.05, 3.63) is 0 Å². The summed E-state index contributed by atoms with van der Waals surface area (Å²) < 4.78 is 6.25. The predicted molar refractivity (Wildman–Crippen MR) is 102 cm³/mol. The van der Waals surface area contributed by atoms with Crippen LogP contribution in [-0.2, 0) is 9.53 Å². The number of nitrogens with zero attached hydrogens (tertiary/aromatic N) is 2. The first-order chi connectivity index (χ1) is 12.1. The number of nitrogens with one attached hydrogen (secondary N) is 2. The molecule has 1 amide bonds. The van der Waals surface area contributed by atoms with Crippen LogP contribution < -0.4 is 10.6 Å². The number of likely N-dealkylation sites (tertiary alicyclic amines) is 1. The number of carbonyl (C=O) groups excluding carboxylic acids is 1. The molecule has 1 saturated heterocycles. The van der Waals surface area contributed by atoms with Gasteiger partial charge in [0.25, 0.3) is 0 Å². The van der Waals surface area contributed by atoms with Crippen molar-refractivity contribution in [2.45, 2.75) is 76.9 Å². The summed E-state index contributed by atoms with van der Waals surface area (Å²) in [7, 11) is 1.81. The Bertz CT molecular complexity index is 447. The van der Waals surface area contributed by atoms with E-state index in [2.05, 4.69) is 22.5 Å². The third kappa shape index (κ3) is 5.87. The molecule has 1 heterocycles. The summed E-state index contributed by atoms with van der Waals surface area (Å²) in [5.74, 6) is 1.06. The van der Waals surface area contributed by atoms with E-state index in [1.165, 1.54) is 19.3 Å². The monoisotopic (exact) mass is 352 g/mol. The topological polar surface area (TPSA) is 66.0 Å². The molecule has 0 aromatic heterocycles. The van der Waals surface area contributed by atoms with Gasteiger partial charge < -0.3 is 20.3 Å². The Morgan fingerprint density at radius 2 is 2.04 bits per heavy atom. The summed E-state index contributed by atoms with van der Waals surface area (Å²) in [4.78, 5) is 18.1. The number of amides is 1. The van der Waals surface area contributed by atoms with Crippen LogP contribution in [0, 0.1) is 0 Å². The SMILES string of the molecule is CCCOC1(CNC(=NC)NC2CCN(C(=O)CC)C2)CCCCC1. The minimum absolute atomic E-state index is 0.0498. The fourth-order valence-electron chi connectivity index (χ4n) is 3.85. The molecule has 1 aliphatic heterocycles. The van der Waals surface area contributed by atoms with Gasteiger partial charge in [0.2, 0.25) is 5.91 Å². The number of aliphatic imine (C=N–C) groups is 1. The maximum Gasteiger partial charge on any atom is 0.222 e. The maximum absolute atomic E-state index is 11.8. The Hall–Kier alpha value is -1.30. The van der Waals surface area contributed by atoms with Gasteiger partial charge in [0.15, 0.2) is 5.96 Å². The molecule has 0 spiro atoms. The van der Waals surface area contributed by atoms with E-state index in [0.29, 0.717) is 6.42 Å². The van der Waals surface area contributed by atoms with Gasteiger partial charge >= 0.3 is 0 Å². The molecular formula is C19H36N4O2. The van der Waals surface area contributed by atoms with Crippen molar-refractivity contribution in [2.75, 3.05) is 33.3 Å². The zero-order valence-corrected chi connectivity index (χ0v) is 16.3. The van der Waals surface area contributed by atoms with Gasteiger partial charge in [-0.3, -0.25) is 9.79 Å². The van der Waals surface area contributed by atoms with Gasteiger partial charge in [-0.05, 0) is 25.7 Å². The third-order valence-electron chi connectivity index (χ3n) is 5.36. The third-order valence-corrected chi connectivity index (χ3v) is 5.36. The lowest BCUT2D eigenvalue weighted by molar-refractivity contribution is -0.129. The van der Waals surface area contributed by atoms with Crippen molar-refractivity contribution in [3.63, 3.8) is 0 Å². The molecule has 1 aliphatic carbocycles. The van der Waals surface area contributed by atoms with Gasteiger partial charge in [0.05, 0.1) is 5.60 Å². The first-order valence-corrected chi connectivity index (χ1v) is 10.0. The van der Waals surface area contributed by atoms with E-state index in [1.807, 2.05) is 11.8 Å². The molecule has 6 heteroatoms. The Kier molecular flexibility index (Phi) is 8.00. The lowest BCUT2D eigenvalue weighted by Crippen LogP contribution is -2.52. The summed E-state index contributed by atoms with van der Waals surface area (Å²) in [5.41, 5.74) is -0.0498. The van der Waals surface area contributed by atoms with E-state index in [1.54, 1.807) is 7.05 Å². The molecule has 2 fully saturated rings. The highest BCUT2D eigenvalue weighted by atomic mass is 16.5. The van der Waals surface area contributed by atoms with Crippen molar-refractivity contribution >= 4 is 11.9 Å². The summed E-state index contributed by atoms with van der Waals surface area (Å²) in [6.45, 7) is 7.31. The van der Waals surface area contributed by atoms with Crippen LogP contribution in [0.5, 0.6) is 0 Å². The van der Waals surface area contributed by atoms with Gasteiger partial charge in [0, 0.05) is 45.8 Å². The summed E-state index contributed by atoms with van der Waals surface area (Å²) in [5, 5.41) is 6.96. The zero-order chi connectivity index (χ0) is 18.1. The number of hydrogen-bond acceptors (Lipinski definition) is 3. The quantitative estimate of drug-likeness (QED) is 0.545. The van der Waals surface area contributed by atoms with Gasteiger partial charge in [0.1, 0.15) is 0 Å². The van der Waals surface area contributed by atoms with Crippen molar-refractivity contribution in [3.8, 4) is 0 Å². The Balaban J connectivity index is 1.83. The molecule has 25 heavy (non-hydrogen) atoms. The van der Waals surface area contributed by atoms with Crippen LogP contribution in [0.2, 0.25) is 0 Å². The average molecular weight is 353 g/mol. The van der Waals surface area contributed by atoms with Crippen LogP contribution >= 0.6 is 0 Å². The molecule has 2 aliphatic rings. The fraction of sp³-hybridized carbons (Fsp3) is 0.895. The molecule has 0 aromatic rings. The zero-order valence-electron chi connectivity index (χ0n) is 16.3. The lowest BCUT2D eigenvalue weighted by Gasteiger charge is -2.38. The van der Waals surface area contributed by atoms with Crippen molar-refractivity contribution in [1.82, 2.24) is 15.5 Å². The summed E-state index contributed by atoms with van der Waals surface area (Å²) in [6, 6.07) is 0.278. The standard InChI is InChI=1S/C19H36N4O2/c1-4-13-25-19(10-7-6-8-11-19)15-21-18(20-3)22-16-9-12-23(14-16)17(24)5-2/h16H,4-15H2,1-3H3,(H2,20,21,22). The van der Waals surface area contributed by atoms with E-state index in [9.17, 15) is 4.79 Å². The average Bonchev–Trinajstić information content (AvgIpc) is 3.12. The van der Waals surface area contributed by atoms with E-state index in [0.717, 1.165) is 57.9 Å². The van der Waals surface area contributed by atoms with Gasteiger partial charge in [-0.2, -0.15) is 0 Å². The molecule has 144 valence electrons. The van der Waals surface area contributed by atoms with E-state index < -0.39 is 0 Å². The fourth-order valence-corrected chi connectivity index (χ4v) is 3.85. The van der Waals surface area contributed by atoms with E-state index >= 15 is 0 Å². The van der Waals surface area contributed by atoms with E-state index in [4.69, 9.17) is 4.74 Å². The highest BCUT2D eigenvalue weighted by Gasteiger charge is 2.33. The number of guanidine groups is 1. The molecule has 0 radical (unpaired) electrons. The van der Waals surface area contributed by atoms with Gasteiger partial charge in [-0.15, -0.1) is 0 Å². The predicted octanol–water partition coefficient (Wildman–Crippen LogP) is 2.29. The number of hydrogen-bond donors (Lipinski definition) is 2. The largest absolute Gasteiger partial charge is 0.373 e. The number of ether oxygens (including phenoxy) is 1. The minimum atomic E-state index is -0.0498. The van der Waals surface area contributed by atoms with Crippen molar-refractivity contribution in [1.29, 1.82) is 0 Å². The molecule has 1 unspecified atom stereocenters. The maximum atomic E-state index is 11.8. The van der Waals surface area contributed by atoms with Gasteiger partial charge in [-0.1, -0.05) is 33.1 Å². The molecular weight excluding hydrogens is 316 g/mol. The second-order valence-corrected chi connectivity index (χ2v) is 7.34. The molecule has 6 nitrogen and oxygen atoms in total. The van der Waals surface area contributed by atoms with Crippen molar-refractivity contribution in [2.24, 2.45) is 4.99 Å². The Morgan fingerprint density at radius 1 is 1.28 bits per heavy atom. The first-order valence-electron chi connectivity index (χ1n) is 10.0. The van der Waals surface area contributed by atoms with Crippen LogP contribution in [0.15, 0.2) is 4.99 Å². The highest BCUT2D eigenvalue weighted by molar-refractivity contribution is 5.80. The van der Waals surface area contributed by atoms with Crippen LogP contribution in [0.25, 0.3) is 0 Å². The first kappa shape index (κ1) is 20.0. The highest BCUT2D eigenvalue weighted by Crippen LogP contribution is 2.31. The van der Waals surface area contributed by atoms with Crippen LogP contribution in [-0.4, -0.2) is 61.7 Å². The molecule has 1 saturated carbocycles. The molecule has 2 N–H and O–H groups in total. The number of rotatable bonds is 7. The van der Waals surface area contributed by atoms with Crippen LogP contribution in [0.4, 0.5) is 0 Å². The number of carbonyl (C=O) groups is 1. The molecule has 0 bridgehead atoms. The minimum Gasteiger partial charge on any atom is -0.373 e. The Labute approximate surface area is 152 Å². The lowest BCUT2D eigenvalue weighted by atomic mass is 9.84. The second kappa shape index (κ2) is 10.00. The Morgan fingerprint density at radius 3 is 2.68 bits per heavy atom. The summed E-state index contributed by atoms with van der Waals surface area (Å²) in [6.07, 6.45) is 8.66. The normalized spacial score (nSPS) is 23.6. The molecule has 2 rings (SSSR count). The molecule has 1 atom stereocenters. The van der Waals surface area contributed by atoms with Crippen LogP contribution in [0.1, 0.15) is 65.2 Å². The van der Waals surface area contributed by atoms with Crippen LogP contribution in [0.3, 0.4) is 0 Å². The summed E-state index contributed by atoms with van der Waals surface area (Å²) >= 11 is 0. The second-order valence-electron chi connectivity index (χ2n) is 7.34. The molecule has 0 aromatic carbocycles. The van der Waals surface area contributed by atoms with Gasteiger partial charge in [-0.25, -0.2) is 0 Å². The van der Waals surface area contributed by atoms with E-state index in [-0.39, 0.29) is 17.6 Å².